The van der Waals surface area contributed by atoms with Crippen LogP contribution in [0.1, 0.15) is 12.1 Å². The lowest BCUT2D eigenvalue weighted by molar-refractivity contribution is 0.107. The quantitative estimate of drug-likeness (QED) is 0.796. The molecule has 6 heteroatoms. The maximum absolute atomic E-state index is 12.4. The molecule has 1 atom stereocenters. The summed E-state index contributed by atoms with van der Waals surface area (Å²) in [5, 5.41) is 0. The van der Waals surface area contributed by atoms with E-state index in [9.17, 15) is 4.79 Å². The van der Waals surface area contributed by atoms with E-state index >= 15 is 0 Å². The smallest absolute Gasteiger partial charge is 0.274 e. The third-order valence-electron chi connectivity index (χ3n) is 4.58. The molecular weight excluding hydrogens is 304 g/mol. The number of rotatable bonds is 4. The van der Waals surface area contributed by atoms with Crippen LogP contribution in [0.25, 0.3) is 16.9 Å². The SMILES string of the molecule is COC1CCN(Cc2cn3c(-c4ccccc4)ncc3c(=O)[nH]2)C1. The van der Waals surface area contributed by atoms with E-state index < -0.39 is 0 Å². The van der Waals surface area contributed by atoms with E-state index in [1.165, 1.54) is 0 Å². The number of hydrogen-bond acceptors (Lipinski definition) is 4. The molecule has 1 N–H and O–H groups in total. The first-order valence-electron chi connectivity index (χ1n) is 8.14. The van der Waals surface area contributed by atoms with Gasteiger partial charge in [-0.3, -0.25) is 14.1 Å². The zero-order valence-corrected chi connectivity index (χ0v) is 13.6. The lowest BCUT2D eigenvalue weighted by Crippen LogP contribution is -2.25. The number of H-pyrrole nitrogens is 1. The van der Waals surface area contributed by atoms with Gasteiger partial charge in [-0.15, -0.1) is 0 Å². The Balaban J connectivity index is 1.69. The van der Waals surface area contributed by atoms with Gasteiger partial charge in [-0.05, 0) is 6.42 Å². The summed E-state index contributed by atoms with van der Waals surface area (Å²) >= 11 is 0. The summed E-state index contributed by atoms with van der Waals surface area (Å²) in [4.78, 5) is 22.1. The Morgan fingerprint density at radius 3 is 2.92 bits per heavy atom. The monoisotopic (exact) mass is 324 g/mol. The summed E-state index contributed by atoms with van der Waals surface area (Å²) in [6, 6.07) is 9.91. The molecule has 0 aliphatic carbocycles. The number of methoxy groups -OCH3 is 1. The molecule has 1 aliphatic rings. The minimum absolute atomic E-state index is 0.107. The zero-order chi connectivity index (χ0) is 16.5. The number of imidazole rings is 1. The van der Waals surface area contributed by atoms with Crippen molar-refractivity contribution in [1.82, 2.24) is 19.3 Å². The van der Waals surface area contributed by atoms with Crippen LogP contribution in [0.4, 0.5) is 0 Å². The number of benzene rings is 1. The topological polar surface area (TPSA) is 62.6 Å². The van der Waals surface area contributed by atoms with Crippen LogP contribution in [0.3, 0.4) is 0 Å². The Bertz CT molecular complexity index is 900. The third-order valence-corrected chi connectivity index (χ3v) is 4.58. The van der Waals surface area contributed by atoms with E-state index in [1.807, 2.05) is 40.9 Å². The number of aromatic nitrogens is 3. The predicted octanol–water partition coefficient (Wildman–Crippen LogP) is 1.91. The Labute approximate surface area is 139 Å². The van der Waals surface area contributed by atoms with Crippen molar-refractivity contribution >= 4 is 5.52 Å². The van der Waals surface area contributed by atoms with Gasteiger partial charge in [0.1, 0.15) is 11.3 Å². The summed E-state index contributed by atoms with van der Waals surface area (Å²) in [7, 11) is 1.75. The minimum Gasteiger partial charge on any atom is -0.380 e. The molecular formula is C18H20N4O2. The second kappa shape index (κ2) is 6.22. The standard InChI is InChI=1S/C18H20N4O2/c1-24-15-7-8-21(12-15)10-14-11-22-16(18(23)20-14)9-19-17(22)13-5-3-2-4-6-13/h2-6,9,11,15H,7-8,10,12H2,1H3,(H,20,23). The molecule has 0 radical (unpaired) electrons. The summed E-state index contributed by atoms with van der Waals surface area (Å²) in [6.45, 7) is 2.58. The van der Waals surface area contributed by atoms with Crippen LogP contribution in [-0.4, -0.2) is 45.6 Å². The normalized spacial score (nSPS) is 18.5. The van der Waals surface area contributed by atoms with Gasteiger partial charge in [-0.25, -0.2) is 4.98 Å². The second-order valence-corrected chi connectivity index (χ2v) is 6.19. The summed E-state index contributed by atoms with van der Waals surface area (Å²) in [5.41, 5.74) is 2.34. The Morgan fingerprint density at radius 2 is 2.17 bits per heavy atom. The molecule has 1 saturated heterocycles. The molecule has 1 fully saturated rings. The fourth-order valence-electron chi connectivity index (χ4n) is 3.31. The van der Waals surface area contributed by atoms with Crippen LogP contribution < -0.4 is 5.56 Å². The number of nitrogens with zero attached hydrogens (tertiary/aromatic N) is 3. The molecule has 124 valence electrons. The van der Waals surface area contributed by atoms with Gasteiger partial charge in [0, 0.05) is 44.2 Å². The van der Waals surface area contributed by atoms with Gasteiger partial charge >= 0.3 is 0 Å². The maximum atomic E-state index is 12.4. The average molecular weight is 324 g/mol. The average Bonchev–Trinajstić information content (AvgIpc) is 3.22. The molecule has 6 nitrogen and oxygen atoms in total. The van der Waals surface area contributed by atoms with Gasteiger partial charge < -0.3 is 9.72 Å². The minimum atomic E-state index is -0.107. The summed E-state index contributed by atoms with van der Waals surface area (Å²) in [5.74, 6) is 0.786. The number of nitrogens with one attached hydrogen (secondary N) is 1. The van der Waals surface area contributed by atoms with Crippen LogP contribution in [0.15, 0.2) is 47.5 Å². The first-order valence-corrected chi connectivity index (χ1v) is 8.14. The molecule has 3 aromatic rings. The number of hydrogen-bond donors (Lipinski definition) is 1. The second-order valence-electron chi connectivity index (χ2n) is 6.19. The highest BCUT2D eigenvalue weighted by Gasteiger charge is 2.22. The Morgan fingerprint density at radius 1 is 1.33 bits per heavy atom. The van der Waals surface area contributed by atoms with E-state index in [0.717, 1.165) is 36.6 Å². The lowest BCUT2D eigenvalue weighted by atomic mass is 10.2. The Hall–Kier alpha value is -2.44. The van der Waals surface area contributed by atoms with Crippen molar-refractivity contribution in [3.05, 3.63) is 58.8 Å². The predicted molar refractivity (Wildman–Crippen MR) is 91.9 cm³/mol. The van der Waals surface area contributed by atoms with Crippen molar-refractivity contribution in [3.8, 4) is 11.4 Å². The van der Waals surface area contributed by atoms with Gasteiger partial charge in [-0.1, -0.05) is 30.3 Å². The van der Waals surface area contributed by atoms with Gasteiger partial charge in [-0.2, -0.15) is 0 Å². The third kappa shape index (κ3) is 2.74. The number of likely N-dealkylation sites (tertiary alicyclic amines) is 1. The number of ether oxygens (including phenoxy) is 1. The van der Waals surface area contributed by atoms with Crippen LogP contribution in [-0.2, 0) is 11.3 Å². The molecule has 0 amide bonds. The molecule has 24 heavy (non-hydrogen) atoms. The van der Waals surface area contributed by atoms with E-state index in [1.54, 1.807) is 13.3 Å². The summed E-state index contributed by atoms with van der Waals surface area (Å²) in [6.07, 6.45) is 4.92. The molecule has 1 aliphatic heterocycles. The number of fused-ring (bicyclic) bond motifs is 1. The Kier molecular flexibility index (Phi) is 3.92. The molecule has 4 rings (SSSR count). The molecule has 1 aromatic carbocycles. The highest BCUT2D eigenvalue weighted by molar-refractivity contribution is 5.61. The first kappa shape index (κ1) is 15.1. The fourth-order valence-corrected chi connectivity index (χ4v) is 3.31. The molecule has 2 aromatic heterocycles. The van der Waals surface area contributed by atoms with Crippen LogP contribution in [0.2, 0.25) is 0 Å². The van der Waals surface area contributed by atoms with Crippen molar-refractivity contribution in [2.24, 2.45) is 0 Å². The number of aromatic amines is 1. The van der Waals surface area contributed by atoms with Crippen LogP contribution in [0.5, 0.6) is 0 Å². The molecule has 0 spiro atoms. The van der Waals surface area contributed by atoms with Gasteiger partial charge in [0.15, 0.2) is 0 Å². The lowest BCUT2D eigenvalue weighted by Gasteiger charge is -2.15. The van der Waals surface area contributed by atoms with Gasteiger partial charge in [0.25, 0.3) is 5.56 Å². The zero-order valence-electron chi connectivity index (χ0n) is 13.6. The highest BCUT2D eigenvalue weighted by atomic mass is 16.5. The summed E-state index contributed by atoms with van der Waals surface area (Å²) < 4.78 is 7.29. The fraction of sp³-hybridized carbons (Fsp3) is 0.333. The molecule has 3 heterocycles. The molecule has 0 bridgehead atoms. The van der Waals surface area contributed by atoms with E-state index in [0.29, 0.717) is 12.1 Å². The van der Waals surface area contributed by atoms with Crippen molar-refractivity contribution in [3.63, 3.8) is 0 Å². The van der Waals surface area contributed by atoms with Gasteiger partial charge in [0.2, 0.25) is 0 Å². The van der Waals surface area contributed by atoms with Crippen molar-refractivity contribution < 1.29 is 4.74 Å². The largest absolute Gasteiger partial charge is 0.380 e. The van der Waals surface area contributed by atoms with Crippen molar-refractivity contribution in [1.29, 1.82) is 0 Å². The molecule has 1 unspecified atom stereocenters. The first-order chi connectivity index (χ1) is 11.7. The molecule has 0 saturated carbocycles. The van der Waals surface area contributed by atoms with Gasteiger partial charge in [0.05, 0.1) is 12.3 Å². The van der Waals surface area contributed by atoms with E-state index in [2.05, 4.69) is 14.9 Å². The maximum Gasteiger partial charge on any atom is 0.274 e. The van der Waals surface area contributed by atoms with Crippen molar-refractivity contribution in [2.45, 2.75) is 19.1 Å². The van der Waals surface area contributed by atoms with E-state index in [-0.39, 0.29) is 11.7 Å². The van der Waals surface area contributed by atoms with Crippen molar-refractivity contribution in [2.75, 3.05) is 20.2 Å². The highest BCUT2D eigenvalue weighted by Crippen LogP contribution is 2.19. The van der Waals surface area contributed by atoms with E-state index in [4.69, 9.17) is 4.74 Å². The van der Waals surface area contributed by atoms with Crippen LogP contribution >= 0.6 is 0 Å². The van der Waals surface area contributed by atoms with Crippen LogP contribution in [0, 0.1) is 0 Å².